The Morgan fingerprint density at radius 1 is 1.13 bits per heavy atom. The van der Waals surface area contributed by atoms with E-state index in [9.17, 15) is 0 Å². The minimum Gasteiger partial charge on any atom is -0.489 e. The van der Waals surface area contributed by atoms with E-state index >= 15 is 0 Å². The molecule has 0 aliphatic carbocycles. The molecule has 3 nitrogen and oxygen atoms in total. The third-order valence-corrected chi connectivity index (χ3v) is 4.14. The zero-order valence-electron chi connectivity index (χ0n) is 13.4. The Bertz CT molecular complexity index is 663. The van der Waals surface area contributed by atoms with E-state index in [0.717, 1.165) is 16.9 Å². The van der Waals surface area contributed by atoms with Gasteiger partial charge < -0.3 is 14.2 Å². The summed E-state index contributed by atoms with van der Waals surface area (Å²) in [4.78, 5) is 0. The zero-order chi connectivity index (χ0) is 16.2. The van der Waals surface area contributed by atoms with Gasteiger partial charge in [-0.2, -0.15) is 0 Å². The number of hydrogen-bond acceptors (Lipinski definition) is 3. The Morgan fingerprint density at radius 3 is 2.61 bits per heavy atom. The van der Waals surface area contributed by atoms with E-state index in [0.29, 0.717) is 30.8 Å². The smallest absolute Gasteiger partial charge is 0.184 e. The molecule has 122 valence electrons. The van der Waals surface area contributed by atoms with Gasteiger partial charge in [0.05, 0.1) is 13.2 Å². The van der Waals surface area contributed by atoms with Crippen LogP contribution >= 0.6 is 11.6 Å². The maximum absolute atomic E-state index is 6.15. The van der Waals surface area contributed by atoms with Crippen LogP contribution in [0.1, 0.15) is 42.7 Å². The maximum atomic E-state index is 6.15. The lowest BCUT2D eigenvalue weighted by Gasteiger charge is -2.18. The maximum Gasteiger partial charge on any atom is 0.184 e. The highest BCUT2D eigenvalue weighted by Gasteiger charge is 2.22. The molecule has 0 saturated carbocycles. The first kappa shape index (κ1) is 16.3. The van der Waals surface area contributed by atoms with E-state index in [1.165, 1.54) is 5.56 Å². The number of rotatable bonds is 5. The van der Waals surface area contributed by atoms with Crippen LogP contribution in [0.15, 0.2) is 42.5 Å². The van der Waals surface area contributed by atoms with Gasteiger partial charge in [0, 0.05) is 10.6 Å². The molecule has 0 aromatic heterocycles. The Labute approximate surface area is 142 Å². The van der Waals surface area contributed by atoms with E-state index < -0.39 is 0 Å². The van der Waals surface area contributed by atoms with Crippen LogP contribution in [0.2, 0.25) is 5.02 Å². The van der Waals surface area contributed by atoms with E-state index in [4.69, 9.17) is 25.8 Å². The minimum atomic E-state index is -0.328. The topological polar surface area (TPSA) is 27.7 Å². The average Bonchev–Trinajstić information content (AvgIpc) is 3.07. The fourth-order valence-electron chi connectivity index (χ4n) is 2.71. The van der Waals surface area contributed by atoms with E-state index in [-0.39, 0.29) is 6.29 Å². The van der Waals surface area contributed by atoms with Crippen LogP contribution in [0.4, 0.5) is 0 Å². The molecule has 0 bridgehead atoms. The molecular weight excluding hydrogens is 312 g/mol. The SMILES string of the molecule is CC(C)c1ccccc1OCc1cc(Cl)ccc1C1OCCO1. The largest absolute Gasteiger partial charge is 0.489 e. The van der Waals surface area contributed by atoms with E-state index in [2.05, 4.69) is 19.9 Å². The zero-order valence-corrected chi connectivity index (χ0v) is 14.2. The van der Waals surface area contributed by atoms with Gasteiger partial charge in [0.1, 0.15) is 12.4 Å². The number of halogens is 1. The molecule has 1 heterocycles. The predicted molar refractivity (Wildman–Crippen MR) is 91.0 cm³/mol. The molecule has 4 heteroatoms. The Hall–Kier alpha value is -1.55. The van der Waals surface area contributed by atoms with Gasteiger partial charge in [-0.25, -0.2) is 0 Å². The lowest BCUT2D eigenvalue weighted by Crippen LogP contribution is -2.07. The summed E-state index contributed by atoms with van der Waals surface area (Å²) in [6.45, 7) is 5.98. The monoisotopic (exact) mass is 332 g/mol. The highest BCUT2D eigenvalue weighted by atomic mass is 35.5. The highest BCUT2D eigenvalue weighted by molar-refractivity contribution is 6.30. The second-order valence-electron chi connectivity index (χ2n) is 5.90. The molecule has 0 unspecified atom stereocenters. The Balaban J connectivity index is 1.81. The molecule has 0 spiro atoms. The van der Waals surface area contributed by atoms with Crippen LogP contribution in [0.25, 0.3) is 0 Å². The standard InChI is InChI=1S/C19H21ClO3/c1-13(2)16-5-3-4-6-18(16)23-12-14-11-15(20)7-8-17(14)19-21-9-10-22-19/h3-8,11,13,19H,9-10,12H2,1-2H3. The van der Waals surface area contributed by atoms with Crippen molar-refractivity contribution >= 4 is 11.6 Å². The van der Waals surface area contributed by atoms with Crippen LogP contribution in [-0.4, -0.2) is 13.2 Å². The fourth-order valence-corrected chi connectivity index (χ4v) is 2.91. The van der Waals surface area contributed by atoms with Crippen molar-refractivity contribution < 1.29 is 14.2 Å². The summed E-state index contributed by atoms with van der Waals surface area (Å²) in [6, 6.07) is 13.8. The summed E-state index contributed by atoms with van der Waals surface area (Å²) in [5, 5.41) is 0.683. The molecule has 0 radical (unpaired) electrons. The summed E-state index contributed by atoms with van der Waals surface area (Å²) < 4.78 is 17.3. The molecule has 2 aromatic rings. The molecular formula is C19H21ClO3. The highest BCUT2D eigenvalue weighted by Crippen LogP contribution is 2.31. The van der Waals surface area contributed by atoms with E-state index in [1.54, 1.807) is 0 Å². The molecule has 3 rings (SSSR count). The van der Waals surface area contributed by atoms with Gasteiger partial charge in [0.25, 0.3) is 0 Å². The van der Waals surface area contributed by atoms with Crippen LogP contribution in [0.3, 0.4) is 0 Å². The van der Waals surface area contributed by atoms with Crippen LogP contribution in [0, 0.1) is 0 Å². The van der Waals surface area contributed by atoms with Gasteiger partial charge in [-0.3, -0.25) is 0 Å². The second-order valence-corrected chi connectivity index (χ2v) is 6.33. The fraction of sp³-hybridized carbons (Fsp3) is 0.368. The lowest BCUT2D eigenvalue weighted by molar-refractivity contribution is -0.0451. The molecule has 0 amide bonds. The number of para-hydroxylation sites is 1. The van der Waals surface area contributed by atoms with Gasteiger partial charge in [-0.05, 0) is 35.2 Å². The number of benzene rings is 2. The first-order chi connectivity index (χ1) is 11.1. The van der Waals surface area contributed by atoms with Crippen molar-refractivity contribution in [1.29, 1.82) is 0 Å². The predicted octanol–water partition coefficient (Wildman–Crippen LogP) is 5.09. The van der Waals surface area contributed by atoms with Crippen molar-refractivity contribution in [3.63, 3.8) is 0 Å². The quantitative estimate of drug-likeness (QED) is 0.763. The first-order valence-corrected chi connectivity index (χ1v) is 8.26. The summed E-state index contributed by atoms with van der Waals surface area (Å²) in [5.74, 6) is 1.31. The lowest BCUT2D eigenvalue weighted by atomic mass is 10.0. The number of hydrogen-bond donors (Lipinski definition) is 0. The van der Waals surface area contributed by atoms with Gasteiger partial charge in [0.2, 0.25) is 0 Å². The van der Waals surface area contributed by atoms with Gasteiger partial charge in [0.15, 0.2) is 6.29 Å². The normalized spacial score (nSPS) is 15.3. The molecule has 2 aromatic carbocycles. The van der Waals surface area contributed by atoms with Crippen LogP contribution in [0.5, 0.6) is 5.75 Å². The third-order valence-electron chi connectivity index (χ3n) is 3.90. The van der Waals surface area contributed by atoms with E-state index in [1.807, 2.05) is 36.4 Å². The van der Waals surface area contributed by atoms with Crippen molar-refractivity contribution in [3.05, 3.63) is 64.2 Å². The molecule has 1 aliphatic heterocycles. The van der Waals surface area contributed by atoms with Crippen LogP contribution < -0.4 is 4.74 Å². The Morgan fingerprint density at radius 2 is 1.87 bits per heavy atom. The van der Waals surface area contributed by atoms with Crippen molar-refractivity contribution in [1.82, 2.24) is 0 Å². The molecule has 0 atom stereocenters. The van der Waals surface area contributed by atoms with Crippen molar-refractivity contribution in [2.75, 3.05) is 13.2 Å². The van der Waals surface area contributed by atoms with Crippen molar-refractivity contribution in [2.45, 2.75) is 32.7 Å². The second kappa shape index (κ2) is 7.35. The van der Waals surface area contributed by atoms with Crippen molar-refractivity contribution in [3.8, 4) is 5.75 Å². The molecule has 1 fully saturated rings. The van der Waals surface area contributed by atoms with Crippen LogP contribution in [-0.2, 0) is 16.1 Å². The first-order valence-electron chi connectivity index (χ1n) is 7.88. The molecule has 23 heavy (non-hydrogen) atoms. The van der Waals surface area contributed by atoms with Gasteiger partial charge >= 0.3 is 0 Å². The average molecular weight is 333 g/mol. The summed E-state index contributed by atoms with van der Waals surface area (Å²) in [5.41, 5.74) is 3.17. The summed E-state index contributed by atoms with van der Waals surface area (Å²) in [6.07, 6.45) is -0.328. The Kier molecular flexibility index (Phi) is 5.21. The van der Waals surface area contributed by atoms with Gasteiger partial charge in [-0.15, -0.1) is 0 Å². The third kappa shape index (κ3) is 3.86. The summed E-state index contributed by atoms with van der Waals surface area (Å²) >= 11 is 6.15. The summed E-state index contributed by atoms with van der Waals surface area (Å²) in [7, 11) is 0. The number of ether oxygens (including phenoxy) is 3. The molecule has 1 saturated heterocycles. The van der Waals surface area contributed by atoms with Crippen molar-refractivity contribution in [2.24, 2.45) is 0 Å². The minimum absolute atomic E-state index is 0.328. The molecule has 1 aliphatic rings. The van der Waals surface area contributed by atoms with Gasteiger partial charge in [-0.1, -0.05) is 49.7 Å². The molecule has 0 N–H and O–H groups in total.